The zero-order chi connectivity index (χ0) is 11.1. The fourth-order valence-corrected chi connectivity index (χ4v) is 1.33. The lowest BCUT2D eigenvalue weighted by atomic mass is 10.2. The monoisotopic (exact) mass is 223 g/mol. The van der Waals surface area contributed by atoms with Gasteiger partial charge in [0, 0.05) is 0 Å². The molecule has 0 amide bonds. The standard InChI is InChI=1S/C12H14ClNO/c1-10-5-6-12(11(13)9-10)15-8-4-3-7-14-2/h5-6,9,14H,7-8H2,1-2H3. The van der Waals surface area contributed by atoms with Crippen molar-refractivity contribution in [1.29, 1.82) is 0 Å². The summed E-state index contributed by atoms with van der Waals surface area (Å²) in [6.45, 7) is 3.03. The molecule has 1 aromatic rings. The summed E-state index contributed by atoms with van der Waals surface area (Å²) in [6, 6.07) is 5.69. The van der Waals surface area contributed by atoms with Crippen molar-refractivity contribution < 1.29 is 4.74 Å². The van der Waals surface area contributed by atoms with Gasteiger partial charge in [0.05, 0.1) is 11.6 Å². The van der Waals surface area contributed by atoms with Crippen molar-refractivity contribution in [2.75, 3.05) is 20.2 Å². The summed E-state index contributed by atoms with van der Waals surface area (Å²) in [5.41, 5.74) is 1.12. The van der Waals surface area contributed by atoms with Gasteiger partial charge in [-0.15, -0.1) is 0 Å². The summed E-state index contributed by atoms with van der Waals surface area (Å²) in [6.07, 6.45) is 0. The zero-order valence-electron chi connectivity index (χ0n) is 8.93. The highest BCUT2D eigenvalue weighted by Gasteiger charge is 1.99. The Hall–Kier alpha value is -1.17. The molecule has 0 aliphatic heterocycles. The van der Waals surface area contributed by atoms with Crippen LogP contribution in [0, 0.1) is 18.8 Å². The quantitative estimate of drug-likeness (QED) is 0.794. The number of rotatable bonds is 3. The summed E-state index contributed by atoms with van der Waals surface area (Å²) in [5.74, 6) is 6.47. The summed E-state index contributed by atoms with van der Waals surface area (Å²) >= 11 is 5.98. The van der Waals surface area contributed by atoms with Gasteiger partial charge in [-0.2, -0.15) is 0 Å². The highest BCUT2D eigenvalue weighted by Crippen LogP contribution is 2.24. The number of halogens is 1. The van der Waals surface area contributed by atoms with E-state index < -0.39 is 0 Å². The number of hydrogen-bond acceptors (Lipinski definition) is 2. The SMILES string of the molecule is CNCC#CCOc1ccc(C)cc1Cl. The van der Waals surface area contributed by atoms with E-state index >= 15 is 0 Å². The molecule has 0 aliphatic rings. The van der Waals surface area contributed by atoms with Crippen molar-refractivity contribution in [1.82, 2.24) is 5.32 Å². The molecule has 0 aliphatic carbocycles. The number of aryl methyl sites for hydroxylation is 1. The van der Waals surface area contributed by atoms with Crippen molar-refractivity contribution in [2.24, 2.45) is 0 Å². The Morgan fingerprint density at radius 1 is 1.40 bits per heavy atom. The van der Waals surface area contributed by atoms with Crippen LogP contribution in [0.25, 0.3) is 0 Å². The van der Waals surface area contributed by atoms with Crippen molar-refractivity contribution in [3.05, 3.63) is 28.8 Å². The molecule has 2 nitrogen and oxygen atoms in total. The second-order valence-corrected chi connectivity index (χ2v) is 3.51. The molecule has 1 rings (SSSR count). The van der Waals surface area contributed by atoms with Gasteiger partial charge in [0.15, 0.2) is 0 Å². The van der Waals surface area contributed by atoms with Gasteiger partial charge in [-0.3, -0.25) is 0 Å². The molecule has 0 spiro atoms. The first-order valence-corrected chi connectivity index (χ1v) is 5.11. The smallest absolute Gasteiger partial charge is 0.149 e. The Labute approximate surface area is 95.6 Å². The molecule has 80 valence electrons. The van der Waals surface area contributed by atoms with Gasteiger partial charge >= 0.3 is 0 Å². The van der Waals surface area contributed by atoms with E-state index in [-0.39, 0.29) is 0 Å². The van der Waals surface area contributed by atoms with Crippen LogP contribution in [0.4, 0.5) is 0 Å². The molecule has 1 aromatic carbocycles. The first kappa shape index (κ1) is 11.9. The highest BCUT2D eigenvalue weighted by atomic mass is 35.5. The van der Waals surface area contributed by atoms with Gasteiger partial charge in [0.25, 0.3) is 0 Å². The molecule has 15 heavy (non-hydrogen) atoms. The summed E-state index contributed by atoms with van der Waals surface area (Å²) in [5, 5.41) is 3.56. The average molecular weight is 224 g/mol. The van der Waals surface area contributed by atoms with Gasteiger partial charge in [0.1, 0.15) is 12.4 Å². The molecular formula is C12H14ClNO. The molecule has 0 fully saturated rings. The van der Waals surface area contributed by atoms with E-state index in [1.165, 1.54) is 0 Å². The largest absolute Gasteiger partial charge is 0.479 e. The van der Waals surface area contributed by atoms with E-state index in [1.807, 2.05) is 32.2 Å². The third-order valence-corrected chi connectivity index (χ3v) is 2.07. The minimum Gasteiger partial charge on any atom is -0.479 e. The van der Waals surface area contributed by atoms with E-state index in [9.17, 15) is 0 Å². The molecule has 1 N–H and O–H groups in total. The van der Waals surface area contributed by atoms with Gasteiger partial charge in [0.2, 0.25) is 0 Å². The van der Waals surface area contributed by atoms with Crippen LogP contribution in [-0.2, 0) is 0 Å². The fourth-order valence-electron chi connectivity index (χ4n) is 1.04. The van der Waals surface area contributed by atoms with Crippen LogP contribution in [0.5, 0.6) is 5.75 Å². The van der Waals surface area contributed by atoms with E-state index in [0.717, 1.165) is 5.56 Å². The van der Waals surface area contributed by atoms with E-state index in [2.05, 4.69) is 17.2 Å². The molecule has 0 saturated heterocycles. The topological polar surface area (TPSA) is 21.3 Å². The third kappa shape index (κ3) is 4.24. The number of nitrogens with one attached hydrogen (secondary N) is 1. The first-order valence-electron chi connectivity index (χ1n) is 4.73. The van der Waals surface area contributed by atoms with Crippen LogP contribution < -0.4 is 10.1 Å². The summed E-state index contributed by atoms with van der Waals surface area (Å²) in [7, 11) is 1.85. The molecule has 0 atom stereocenters. The molecule has 0 aromatic heterocycles. The first-order chi connectivity index (χ1) is 7.24. The number of hydrogen-bond donors (Lipinski definition) is 1. The minimum atomic E-state index is 0.366. The molecule has 3 heteroatoms. The Morgan fingerprint density at radius 3 is 2.87 bits per heavy atom. The lowest BCUT2D eigenvalue weighted by Gasteiger charge is -2.04. The van der Waals surface area contributed by atoms with Crippen molar-refractivity contribution in [3.8, 4) is 17.6 Å². The lowest BCUT2D eigenvalue weighted by molar-refractivity contribution is 0.370. The van der Waals surface area contributed by atoms with Crippen LogP contribution in [0.15, 0.2) is 18.2 Å². The van der Waals surface area contributed by atoms with Gasteiger partial charge < -0.3 is 10.1 Å². The van der Waals surface area contributed by atoms with E-state index in [1.54, 1.807) is 0 Å². The Morgan fingerprint density at radius 2 is 2.20 bits per heavy atom. The lowest BCUT2D eigenvalue weighted by Crippen LogP contribution is -2.05. The van der Waals surface area contributed by atoms with Crippen LogP contribution >= 0.6 is 11.6 Å². The predicted octanol–water partition coefficient (Wildman–Crippen LogP) is 2.25. The van der Waals surface area contributed by atoms with Gasteiger partial charge in [-0.25, -0.2) is 0 Å². The fraction of sp³-hybridized carbons (Fsp3) is 0.333. The third-order valence-electron chi connectivity index (χ3n) is 1.78. The summed E-state index contributed by atoms with van der Waals surface area (Å²) < 4.78 is 5.41. The van der Waals surface area contributed by atoms with Crippen LogP contribution in [-0.4, -0.2) is 20.2 Å². The Kier molecular flexibility index (Phi) is 5.03. The van der Waals surface area contributed by atoms with Crippen LogP contribution in [0.2, 0.25) is 5.02 Å². The van der Waals surface area contributed by atoms with Crippen molar-refractivity contribution in [2.45, 2.75) is 6.92 Å². The molecular weight excluding hydrogens is 210 g/mol. The predicted molar refractivity (Wildman–Crippen MR) is 63.4 cm³/mol. The van der Waals surface area contributed by atoms with E-state index in [4.69, 9.17) is 16.3 Å². The van der Waals surface area contributed by atoms with Crippen molar-refractivity contribution >= 4 is 11.6 Å². The highest BCUT2D eigenvalue weighted by molar-refractivity contribution is 6.32. The second kappa shape index (κ2) is 6.34. The Bertz CT molecular complexity index is 379. The molecule has 0 radical (unpaired) electrons. The molecule has 0 heterocycles. The maximum Gasteiger partial charge on any atom is 0.149 e. The second-order valence-electron chi connectivity index (χ2n) is 3.11. The maximum atomic E-state index is 5.98. The minimum absolute atomic E-state index is 0.366. The molecule has 0 bridgehead atoms. The van der Waals surface area contributed by atoms with Gasteiger partial charge in [-0.1, -0.05) is 29.5 Å². The van der Waals surface area contributed by atoms with Crippen LogP contribution in [0.1, 0.15) is 5.56 Å². The average Bonchev–Trinajstić information content (AvgIpc) is 2.20. The summed E-state index contributed by atoms with van der Waals surface area (Å²) in [4.78, 5) is 0. The van der Waals surface area contributed by atoms with Gasteiger partial charge in [-0.05, 0) is 31.7 Å². The van der Waals surface area contributed by atoms with E-state index in [0.29, 0.717) is 23.9 Å². The number of benzene rings is 1. The Balaban J connectivity index is 2.48. The normalized spacial score (nSPS) is 9.27. The number of ether oxygens (including phenoxy) is 1. The zero-order valence-corrected chi connectivity index (χ0v) is 9.69. The van der Waals surface area contributed by atoms with Crippen molar-refractivity contribution in [3.63, 3.8) is 0 Å². The molecule has 0 unspecified atom stereocenters. The maximum absolute atomic E-state index is 5.98. The molecule has 0 saturated carbocycles. The van der Waals surface area contributed by atoms with Crippen LogP contribution in [0.3, 0.4) is 0 Å².